The molecule has 1 rings (SSSR count). The van der Waals surface area contributed by atoms with Crippen LogP contribution < -0.4 is 5.32 Å². The molecule has 0 fully saturated rings. The van der Waals surface area contributed by atoms with Gasteiger partial charge in [-0.1, -0.05) is 6.92 Å². The van der Waals surface area contributed by atoms with Gasteiger partial charge in [0.25, 0.3) is 0 Å². The van der Waals surface area contributed by atoms with E-state index in [1.807, 2.05) is 13.8 Å². The maximum Gasteiger partial charge on any atom is 0.220 e. The van der Waals surface area contributed by atoms with Crippen molar-refractivity contribution < 1.29 is 4.79 Å². The van der Waals surface area contributed by atoms with Gasteiger partial charge in [-0.2, -0.15) is 0 Å². The van der Waals surface area contributed by atoms with Crippen molar-refractivity contribution in [2.24, 2.45) is 0 Å². The molecule has 1 aromatic heterocycles. The maximum absolute atomic E-state index is 11.1. The molecular formula is C9H14N2OS. The Morgan fingerprint density at radius 3 is 3.00 bits per heavy atom. The van der Waals surface area contributed by atoms with Crippen LogP contribution in [0.25, 0.3) is 0 Å². The van der Waals surface area contributed by atoms with Crippen molar-refractivity contribution in [1.29, 1.82) is 0 Å². The molecule has 0 saturated heterocycles. The third kappa shape index (κ3) is 3.14. The first-order chi connectivity index (χ1) is 6.24. The summed E-state index contributed by atoms with van der Waals surface area (Å²) in [5, 5.41) is 2.86. The van der Waals surface area contributed by atoms with Gasteiger partial charge in [0.05, 0.1) is 17.7 Å². The number of nitrogens with one attached hydrogen (secondary N) is 1. The SMILES string of the molecule is CCCC(=O)NCc1scnc1C. The Hall–Kier alpha value is -0.900. The van der Waals surface area contributed by atoms with Crippen LogP contribution in [0.2, 0.25) is 0 Å². The van der Waals surface area contributed by atoms with Crippen molar-refractivity contribution >= 4 is 17.2 Å². The van der Waals surface area contributed by atoms with Crippen LogP contribution in [0.1, 0.15) is 30.3 Å². The van der Waals surface area contributed by atoms with Crippen LogP contribution in [0.5, 0.6) is 0 Å². The average molecular weight is 198 g/mol. The third-order valence-corrected chi connectivity index (χ3v) is 2.70. The summed E-state index contributed by atoms with van der Waals surface area (Å²) in [7, 11) is 0. The molecule has 0 saturated carbocycles. The summed E-state index contributed by atoms with van der Waals surface area (Å²) >= 11 is 1.58. The molecule has 4 heteroatoms. The van der Waals surface area contributed by atoms with E-state index >= 15 is 0 Å². The summed E-state index contributed by atoms with van der Waals surface area (Å²) in [5.74, 6) is 0.121. The van der Waals surface area contributed by atoms with Crippen LogP contribution in [-0.4, -0.2) is 10.9 Å². The molecule has 0 aliphatic rings. The van der Waals surface area contributed by atoms with Gasteiger partial charge in [0.15, 0.2) is 0 Å². The highest BCUT2D eigenvalue weighted by atomic mass is 32.1. The number of carbonyl (C=O) groups is 1. The van der Waals surface area contributed by atoms with Gasteiger partial charge in [-0.05, 0) is 13.3 Å². The number of rotatable bonds is 4. The van der Waals surface area contributed by atoms with E-state index in [4.69, 9.17) is 0 Å². The predicted octanol–water partition coefficient (Wildman–Crippen LogP) is 1.87. The molecule has 3 nitrogen and oxygen atoms in total. The molecule has 0 bridgehead atoms. The Balaban J connectivity index is 2.35. The van der Waals surface area contributed by atoms with Gasteiger partial charge in [-0.25, -0.2) is 4.98 Å². The minimum Gasteiger partial charge on any atom is -0.351 e. The topological polar surface area (TPSA) is 42.0 Å². The zero-order valence-corrected chi connectivity index (χ0v) is 8.78. The number of hydrogen-bond acceptors (Lipinski definition) is 3. The first-order valence-corrected chi connectivity index (χ1v) is 5.27. The summed E-state index contributed by atoms with van der Waals surface area (Å²) in [5.41, 5.74) is 2.82. The monoisotopic (exact) mass is 198 g/mol. The van der Waals surface area contributed by atoms with E-state index in [0.717, 1.165) is 17.0 Å². The summed E-state index contributed by atoms with van der Waals surface area (Å²) in [6.45, 7) is 4.57. The van der Waals surface area contributed by atoms with E-state index < -0.39 is 0 Å². The fraction of sp³-hybridized carbons (Fsp3) is 0.556. The smallest absolute Gasteiger partial charge is 0.220 e. The Kier molecular flexibility index (Phi) is 3.89. The second-order valence-electron chi connectivity index (χ2n) is 2.89. The molecule has 0 atom stereocenters. The number of thiazole rings is 1. The third-order valence-electron chi connectivity index (χ3n) is 1.77. The first-order valence-electron chi connectivity index (χ1n) is 4.39. The highest BCUT2D eigenvalue weighted by Gasteiger charge is 2.03. The van der Waals surface area contributed by atoms with Crippen LogP contribution in [0, 0.1) is 6.92 Å². The van der Waals surface area contributed by atoms with Gasteiger partial charge in [0.1, 0.15) is 0 Å². The first kappa shape index (κ1) is 10.2. The van der Waals surface area contributed by atoms with Crippen molar-refractivity contribution in [3.05, 3.63) is 16.1 Å². The fourth-order valence-electron chi connectivity index (χ4n) is 0.990. The summed E-state index contributed by atoms with van der Waals surface area (Å²) in [6, 6.07) is 0. The van der Waals surface area contributed by atoms with Crippen LogP contribution in [0.3, 0.4) is 0 Å². The molecular weight excluding hydrogens is 184 g/mol. The van der Waals surface area contributed by atoms with E-state index in [2.05, 4.69) is 10.3 Å². The van der Waals surface area contributed by atoms with E-state index in [0.29, 0.717) is 13.0 Å². The minimum atomic E-state index is 0.121. The van der Waals surface area contributed by atoms with Crippen molar-refractivity contribution in [2.75, 3.05) is 0 Å². The molecule has 0 aromatic carbocycles. The summed E-state index contributed by atoms with van der Waals surface area (Å²) in [4.78, 5) is 16.4. The van der Waals surface area contributed by atoms with Crippen LogP contribution in [0.4, 0.5) is 0 Å². The molecule has 0 radical (unpaired) electrons. The standard InChI is InChI=1S/C9H14N2OS/c1-3-4-9(12)10-5-8-7(2)11-6-13-8/h6H,3-5H2,1-2H3,(H,10,12). The zero-order valence-electron chi connectivity index (χ0n) is 7.96. The molecule has 0 aliphatic heterocycles. The number of aromatic nitrogens is 1. The van der Waals surface area contributed by atoms with Gasteiger partial charge in [-0.3, -0.25) is 4.79 Å². The minimum absolute atomic E-state index is 0.121. The van der Waals surface area contributed by atoms with Crippen molar-refractivity contribution in [3.63, 3.8) is 0 Å². The van der Waals surface area contributed by atoms with E-state index in [1.54, 1.807) is 16.8 Å². The number of carbonyl (C=O) groups excluding carboxylic acids is 1. The highest BCUT2D eigenvalue weighted by molar-refractivity contribution is 7.09. The van der Waals surface area contributed by atoms with Crippen molar-refractivity contribution in [1.82, 2.24) is 10.3 Å². The maximum atomic E-state index is 11.1. The lowest BCUT2D eigenvalue weighted by Gasteiger charge is -2.01. The van der Waals surface area contributed by atoms with Crippen molar-refractivity contribution in [3.8, 4) is 0 Å². The molecule has 1 N–H and O–H groups in total. The number of aryl methyl sites for hydroxylation is 1. The summed E-state index contributed by atoms with van der Waals surface area (Å²) in [6.07, 6.45) is 1.51. The lowest BCUT2D eigenvalue weighted by Crippen LogP contribution is -2.21. The largest absolute Gasteiger partial charge is 0.351 e. The lowest BCUT2D eigenvalue weighted by atomic mass is 10.3. The second-order valence-corrected chi connectivity index (χ2v) is 3.83. The Morgan fingerprint density at radius 2 is 2.46 bits per heavy atom. The lowest BCUT2D eigenvalue weighted by molar-refractivity contribution is -0.121. The zero-order chi connectivity index (χ0) is 9.68. The number of amides is 1. The van der Waals surface area contributed by atoms with Gasteiger partial charge in [-0.15, -0.1) is 11.3 Å². The van der Waals surface area contributed by atoms with Gasteiger partial charge in [0.2, 0.25) is 5.91 Å². The fourth-order valence-corrected chi connectivity index (χ4v) is 1.71. The average Bonchev–Trinajstić information content (AvgIpc) is 2.48. The van der Waals surface area contributed by atoms with Gasteiger partial charge in [0, 0.05) is 11.3 Å². The summed E-state index contributed by atoms with van der Waals surface area (Å²) < 4.78 is 0. The molecule has 0 unspecified atom stereocenters. The van der Waals surface area contributed by atoms with E-state index in [-0.39, 0.29) is 5.91 Å². The van der Waals surface area contributed by atoms with Crippen LogP contribution in [0.15, 0.2) is 5.51 Å². The van der Waals surface area contributed by atoms with Crippen LogP contribution >= 0.6 is 11.3 Å². The molecule has 13 heavy (non-hydrogen) atoms. The second kappa shape index (κ2) is 4.97. The Bertz CT molecular complexity index is 283. The normalized spacial score (nSPS) is 10.0. The molecule has 1 amide bonds. The molecule has 72 valence electrons. The predicted molar refractivity (Wildman–Crippen MR) is 53.6 cm³/mol. The number of nitrogens with zero attached hydrogens (tertiary/aromatic N) is 1. The molecule has 1 heterocycles. The quantitative estimate of drug-likeness (QED) is 0.802. The van der Waals surface area contributed by atoms with Crippen LogP contribution in [-0.2, 0) is 11.3 Å². The highest BCUT2D eigenvalue weighted by Crippen LogP contribution is 2.11. The Labute approximate surface area is 82.2 Å². The molecule has 0 spiro atoms. The van der Waals surface area contributed by atoms with E-state index in [1.165, 1.54) is 0 Å². The molecule has 1 aromatic rings. The Morgan fingerprint density at radius 1 is 1.69 bits per heavy atom. The number of hydrogen-bond donors (Lipinski definition) is 1. The molecule has 0 aliphatic carbocycles. The van der Waals surface area contributed by atoms with Crippen molar-refractivity contribution in [2.45, 2.75) is 33.2 Å². The van der Waals surface area contributed by atoms with Gasteiger partial charge < -0.3 is 5.32 Å². The van der Waals surface area contributed by atoms with Gasteiger partial charge >= 0.3 is 0 Å². The van der Waals surface area contributed by atoms with E-state index in [9.17, 15) is 4.79 Å².